The molecule has 0 unspecified atom stereocenters. The smallest absolute Gasteiger partial charge is 0.331 e. The van der Waals surface area contributed by atoms with E-state index in [1.807, 2.05) is 50.2 Å². The number of rotatable bonds is 8. The molecule has 0 saturated heterocycles. The SMILES string of the molecule is CCOc1ccccc1/C=C/C(=O)OCC(=O)N[C@@H](C)c1ccc2c(c1)OCO2. The van der Waals surface area contributed by atoms with Crippen molar-refractivity contribution in [3.8, 4) is 17.2 Å². The van der Waals surface area contributed by atoms with E-state index in [4.69, 9.17) is 18.9 Å². The molecule has 0 aliphatic carbocycles. The van der Waals surface area contributed by atoms with Crippen LogP contribution in [0.5, 0.6) is 17.2 Å². The lowest BCUT2D eigenvalue weighted by Crippen LogP contribution is -2.30. The number of esters is 1. The van der Waals surface area contributed by atoms with Crippen LogP contribution in [0, 0.1) is 0 Å². The van der Waals surface area contributed by atoms with Crippen LogP contribution < -0.4 is 19.5 Å². The highest BCUT2D eigenvalue weighted by molar-refractivity contribution is 5.89. The molecular weight excluding hydrogens is 374 g/mol. The van der Waals surface area contributed by atoms with Crippen molar-refractivity contribution >= 4 is 18.0 Å². The van der Waals surface area contributed by atoms with Gasteiger partial charge in [0.15, 0.2) is 18.1 Å². The largest absolute Gasteiger partial charge is 0.493 e. The Bertz CT molecular complexity index is 908. The van der Waals surface area contributed by atoms with Gasteiger partial charge in [0.25, 0.3) is 5.91 Å². The second kappa shape index (κ2) is 9.64. The maximum atomic E-state index is 12.1. The number of ether oxygens (including phenoxy) is 4. The summed E-state index contributed by atoms with van der Waals surface area (Å²) in [6.07, 6.45) is 2.87. The molecule has 1 atom stereocenters. The summed E-state index contributed by atoms with van der Waals surface area (Å²) in [7, 11) is 0. The molecule has 29 heavy (non-hydrogen) atoms. The highest BCUT2D eigenvalue weighted by Gasteiger charge is 2.17. The predicted octanol–water partition coefficient (Wildman–Crippen LogP) is 3.25. The van der Waals surface area contributed by atoms with Gasteiger partial charge in [-0.05, 0) is 43.7 Å². The average molecular weight is 397 g/mol. The van der Waals surface area contributed by atoms with Crippen LogP contribution in [0.1, 0.15) is 31.0 Å². The fraction of sp³-hybridized carbons (Fsp3) is 0.273. The number of carbonyl (C=O) groups excluding carboxylic acids is 2. The minimum Gasteiger partial charge on any atom is -0.493 e. The van der Waals surface area contributed by atoms with E-state index in [-0.39, 0.29) is 19.4 Å². The van der Waals surface area contributed by atoms with Gasteiger partial charge in [0, 0.05) is 11.6 Å². The fourth-order valence-electron chi connectivity index (χ4n) is 2.80. The Kier molecular flexibility index (Phi) is 6.73. The lowest BCUT2D eigenvalue weighted by molar-refractivity contribution is -0.144. The topological polar surface area (TPSA) is 83.1 Å². The van der Waals surface area contributed by atoms with Crippen LogP contribution in [-0.4, -0.2) is 31.9 Å². The molecule has 0 bridgehead atoms. The molecule has 1 heterocycles. The molecule has 1 aliphatic rings. The highest BCUT2D eigenvalue weighted by Crippen LogP contribution is 2.34. The van der Waals surface area contributed by atoms with Crippen molar-refractivity contribution in [2.45, 2.75) is 19.9 Å². The minimum absolute atomic E-state index is 0.193. The molecule has 0 fully saturated rings. The van der Waals surface area contributed by atoms with Gasteiger partial charge in [-0.25, -0.2) is 4.79 Å². The van der Waals surface area contributed by atoms with Crippen molar-refractivity contribution in [3.05, 3.63) is 59.7 Å². The van der Waals surface area contributed by atoms with E-state index in [2.05, 4.69) is 5.32 Å². The molecule has 0 radical (unpaired) electrons. The highest BCUT2D eigenvalue weighted by atomic mass is 16.7. The quantitative estimate of drug-likeness (QED) is 0.544. The Balaban J connectivity index is 1.48. The maximum absolute atomic E-state index is 12.1. The van der Waals surface area contributed by atoms with E-state index in [1.54, 1.807) is 12.1 Å². The second-order valence-electron chi connectivity index (χ2n) is 6.31. The van der Waals surface area contributed by atoms with Crippen LogP contribution in [0.15, 0.2) is 48.5 Å². The van der Waals surface area contributed by atoms with Gasteiger partial charge in [-0.2, -0.15) is 0 Å². The Labute approximate surface area is 169 Å². The van der Waals surface area contributed by atoms with Gasteiger partial charge < -0.3 is 24.3 Å². The van der Waals surface area contributed by atoms with Crippen molar-refractivity contribution in [3.63, 3.8) is 0 Å². The van der Waals surface area contributed by atoms with Crippen LogP contribution >= 0.6 is 0 Å². The van der Waals surface area contributed by atoms with Gasteiger partial charge in [-0.15, -0.1) is 0 Å². The van der Waals surface area contributed by atoms with Gasteiger partial charge in [-0.1, -0.05) is 24.3 Å². The number of para-hydroxylation sites is 1. The molecule has 7 nitrogen and oxygen atoms in total. The first-order valence-corrected chi connectivity index (χ1v) is 9.32. The third-order valence-corrected chi connectivity index (χ3v) is 4.24. The molecule has 2 aromatic carbocycles. The van der Waals surface area contributed by atoms with Gasteiger partial charge in [0.2, 0.25) is 6.79 Å². The summed E-state index contributed by atoms with van der Waals surface area (Å²) in [5.74, 6) is 0.995. The lowest BCUT2D eigenvalue weighted by atomic mass is 10.1. The Morgan fingerprint density at radius 3 is 2.79 bits per heavy atom. The summed E-state index contributed by atoms with van der Waals surface area (Å²) in [4.78, 5) is 24.0. The van der Waals surface area contributed by atoms with Gasteiger partial charge in [-0.3, -0.25) is 4.79 Å². The Hall–Kier alpha value is -3.48. The van der Waals surface area contributed by atoms with E-state index in [9.17, 15) is 9.59 Å². The van der Waals surface area contributed by atoms with Crippen molar-refractivity contribution in [2.75, 3.05) is 20.0 Å². The first-order chi connectivity index (χ1) is 14.1. The monoisotopic (exact) mass is 397 g/mol. The third kappa shape index (κ3) is 5.51. The molecule has 152 valence electrons. The summed E-state index contributed by atoms with van der Waals surface area (Å²) in [6.45, 7) is 4.07. The van der Waals surface area contributed by atoms with E-state index in [0.717, 1.165) is 11.1 Å². The molecule has 0 aromatic heterocycles. The van der Waals surface area contributed by atoms with Crippen LogP contribution in [0.4, 0.5) is 0 Å². The lowest BCUT2D eigenvalue weighted by Gasteiger charge is -2.14. The van der Waals surface area contributed by atoms with E-state index in [0.29, 0.717) is 23.9 Å². The van der Waals surface area contributed by atoms with Crippen molar-refractivity contribution < 1.29 is 28.5 Å². The number of nitrogens with one attached hydrogen (secondary N) is 1. The van der Waals surface area contributed by atoms with E-state index < -0.39 is 11.9 Å². The molecule has 1 N–H and O–H groups in total. The average Bonchev–Trinajstić information content (AvgIpc) is 3.19. The van der Waals surface area contributed by atoms with Crippen LogP contribution in [0.2, 0.25) is 0 Å². The van der Waals surface area contributed by atoms with Crippen LogP contribution in [-0.2, 0) is 14.3 Å². The minimum atomic E-state index is -0.609. The maximum Gasteiger partial charge on any atom is 0.331 e. The van der Waals surface area contributed by atoms with Crippen molar-refractivity contribution in [1.29, 1.82) is 0 Å². The van der Waals surface area contributed by atoms with Gasteiger partial charge >= 0.3 is 5.97 Å². The zero-order valence-corrected chi connectivity index (χ0v) is 16.3. The summed E-state index contributed by atoms with van der Waals surface area (Å²) >= 11 is 0. The number of amides is 1. The zero-order chi connectivity index (χ0) is 20.6. The number of carbonyl (C=O) groups is 2. The second-order valence-corrected chi connectivity index (χ2v) is 6.31. The number of hydrogen-bond donors (Lipinski definition) is 1. The molecule has 1 aliphatic heterocycles. The zero-order valence-electron chi connectivity index (χ0n) is 16.3. The summed E-state index contributed by atoms with van der Waals surface area (Å²) in [6, 6.07) is 12.5. The first kappa shape index (κ1) is 20.3. The standard InChI is InChI=1S/C22H23NO6/c1-3-26-18-7-5-4-6-16(18)9-11-22(25)27-13-21(24)23-15(2)17-8-10-19-20(12-17)29-14-28-19/h4-12,15H,3,13-14H2,1-2H3,(H,23,24)/b11-9+/t15-/m0/s1. The van der Waals surface area contributed by atoms with Gasteiger partial charge in [0.1, 0.15) is 5.75 Å². The molecule has 0 spiro atoms. The Morgan fingerprint density at radius 1 is 1.17 bits per heavy atom. The summed E-state index contributed by atoms with van der Waals surface area (Å²) < 4.78 is 21.1. The van der Waals surface area contributed by atoms with Crippen molar-refractivity contribution in [1.82, 2.24) is 5.32 Å². The first-order valence-electron chi connectivity index (χ1n) is 9.32. The van der Waals surface area contributed by atoms with Crippen LogP contribution in [0.25, 0.3) is 6.08 Å². The molecule has 2 aromatic rings. The summed E-state index contributed by atoms with van der Waals surface area (Å²) in [5, 5.41) is 2.79. The van der Waals surface area contributed by atoms with Gasteiger partial charge in [0.05, 0.1) is 12.6 Å². The molecule has 7 heteroatoms. The fourth-order valence-corrected chi connectivity index (χ4v) is 2.80. The van der Waals surface area contributed by atoms with Crippen LogP contribution in [0.3, 0.4) is 0 Å². The van der Waals surface area contributed by atoms with E-state index >= 15 is 0 Å². The molecular formula is C22H23NO6. The normalized spacial score (nSPS) is 13.2. The molecule has 1 amide bonds. The van der Waals surface area contributed by atoms with Crippen molar-refractivity contribution in [2.24, 2.45) is 0 Å². The number of benzene rings is 2. The molecule has 0 saturated carbocycles. The Morgan fingerprint density at radius 2 is 1.97 bits per heavy atom. The summed E-state index contributed by atoms with van der Waals surface area (Å²) in [5.41, 5.74) is 1.62. The third-order valence-electron chi connectivity index (χ3n) is 4.24. The number of fused-ring (bicyclic) bond motifs is 1. The van der Waals surface area contributed by atoms with E-state index in [1.165, 1.54) is 6.08 Å². The number of hydrogen-bond acceptors (Lipinski definition) is 6. The predicted molar refractivity (Wildman–Crippen MR) is 107 cm³/mol. The molecule has 3 rings (SSSR count).